The highest BCUT2D eigenvalue weighted by atomic mass is 16.5. The van der Waals surface area contributed by atoms with Crippen molar-refractivity contribution < 1.29 is 34.6 Å². The molecule has 3 aliphatic rings. The number of amides is 2. The number of rotatable bonds is 8. The van der Waals surface area contributed by atoms with Crippen LogP contribution in [0.25, 0.3) is 11.6 Å². The van der Waals surface area contributed by atoms with Crippen LogP contribution < -0.4 is 10.4 Å². The molecule has 214 valence electrons. The number of aromatic hydroxyl groups is 1. The predicted octanol–water partition coefficient (Wildman–Crippen LogP) is 2.30. The largest absolute Gasteiger partial charge is 0.508 e. The minimum absolute atomic E-state index is 0.171. The zero-order valence-electron chi connectivity index (χ0n) is 22.8. The molecule has 0 spiro atoms. The number of phenolic OH excluding ortho intramolecular Hbond substituents is 1. The molecule has 10 heteroatoms. The number of imide groups is 1. The molecule has 0 radical (unpaired) electrons. The molecule has 0 unspecified atom stereocenters. The fourth-order valence-electron chi connectivity index (χ4n) is 6.63. The van der Waals surface area contributed by atoms with Crippen LogP contribution in [0.2, 0.25) is 0 Å². The van der Waals surface area contributed by atoms with Crippen LogP contribution in [-0.4, -0.2) is 63.5 Å². The van der Waals surface area contributed by atoms with Crippen LogP contribution in [0.4, 0.5) is 5.69 Å². The lowest BCUT2D eigenvalue weighted by atomic mass is 9.69. The average Bonchev–Trinajstić information content (AvgIpc) is 3.53. The molecule has 9 nitrogen and oxygen atoms in total. The number of anilines is 1. The fraction of sp³-hybridized carbons (Fsp3) is 0.281. The third-order valence-corrected chi connectivity index (χ3v) is 8.51. The predicted molar refractivity (Wildman–Crippen MR) is 157 cm³/mol. The first-order chi connectivity index (χ1) is 20.4. The maximum Gasteiger partial charge on any atom is 0.488 e. The van der Waals surface area contributed by atoms with Crippen LogP contribution in [-0.2, 0) is 14.3 Å². The van der Waals surface area contributed by atoms with E-state index >= 15 is 0 Å². The molecule has 2 aromatic carbocycles. The molecular formula is C32H31BN2O7. The molecule has 2 fully saturated rings. The Morgan fingerprint density at radius 2 is 1.86 bits per heavy atom. The quantitative estimate of drug-likeness (QED) is 0.185. The second kappa shape index (κ2) is 11.7. The number of aliphatic hydroxyl groups excluding tert-OH is 1. The van der Waals surface area contributed by atoms with Crippen molar-refractivity contribution in [2.24, 2.45) is 17.8 Å². The Labute approximate surface area is 243 Å². The highest BCUT2D eigenvalue weighted by molar-refractivity contribution is 6.58. The van der Waals surface area contributed by atoms with Crippen molar-refractivity contribution in [2.75, 3.05) is 18.1 Å². The number of carbonyl (C=O) groups is 2. The first-order valence-electron chi connectivity index (χ1n) is 14.0. The Morgan fingerprint density at radius 1 is 1.02 bits per heavy atom. The van der Waals surface area contributed by atoms with Gasteiger partial charge in [-0.1, -0.05) is 30.3 Å². The number of fused-ring (bicyclic) bond motifs is 3. The Morgan fingerprint density at radius 3 is 2.60 bits per heavy atom. The summed E-state index contributed by atoms with van der Waals surface area (Å²) in [6.07, 6.45) is 4.82. The summed E-state index contributed by atoms with van der Waals surface area (Å²) in [7, 11) is -1.73. The summed E-state index contributed by atoms with van der Waals surface area (Å²) < 4.78 is 6.27. The molecular weight excluding hydrogens is 535 g/mol. The maximum atomic E-state index is 13.8. The average molecular weight is 566 g/mol. The van der Waals surface area contributed by atoms with E-state index in [0.29, 0.717) is 18.5 Å². The number of aliphatic hydroxyl groups is 1. The van der Waals surface area contributed by atoms with Gasteiger partial charge in [0.1, 0.15) is 5.75 Å². The van der Waals surface area contributed by atoms with E-state index < -0.39 is 19.0 Å². The fourth-order valence-corrected chi connectivity index (χ4v) is 6.63. The number of phenols is 1. The van der Waals surface area contributed by atoms with E-state index in [-0.39, 0.29) is 54.7 Å². The van der Waals surface area contributed by atoms with Gasteiger partial charge in [-0.15, -0.1) is 0 Å². The van der Waals surface area contributed by atoms with E-state index in [2.05, 4.69) is 4.98 Å². The van der Waals surface area contributed by atoms with Gasteiger partial charge in [0.25, 0.3) is 0 Å². The second-order valence-corrected chi connectivity index (χ2v) is 11.0. The number of benzene rings is 2. The van der Waals surface area contributed by atoms with Gasteiger partial charge in [0, 0.05) is 12.1 Å². The van der Waals surface area contributed by atoms with E-state index in [9.17, 15) is 29.9 Å². The lowest BCUT2D eigenvalue weighted by molar-refractivity contribution is -0.122. The molecule has 1 aromatic heterocycles. The molecule has 0 bridgehead atoms. The van der Waals surface area contributed by atoms with Crippen LogP contribution >= 0.6 is 0 Å². The maximum absolute atomic E-state index is 13.8. The van der Waals surface area contributed by atoms with Gasteiger partial charge < -0.3 is 25.0 Å². The number of nitrogens with zero attached hydrogens (tertiary/aromatic N) is 2. The van der Waals surface area contributed by atoms with E-state index in [1.807, 2.05) is 30.3 Å². The van der Waals surface area contributed by atoms with Crippen LogP contribution in [0.3, 0.4) is 0 Å². The van der Waals surface area contributed by atoms with Crippen molar-refractivity contribution in [2.45, 2.75) is 25.4 Å². The molecule has 42 heavy (non-hydrogen) atoms. The SMILES string of the molecule is O=C1[C@@H]2[C@@H](CC(CO)=C3[C@@H](CC/C(=C/c4cccc(O)c4)c4ccccn4)OC[C@@H]32)C(=O)N1c1cccc(B(O)O)c1. The van der Waals surface area contributed by atoms with Crippen molar-refractivity contribution >= 4 is 41.7 Å². The van der Waals surface area contributed by atoms with Crippen LogP contribution in [0.15, 0.2) is 84.1 Å². The molecule has 3 heterocycles. The molecule has 1 aliphatic carbocycles. The summed E-state index contributed by atoms with van der Waals surface area (Å²) in [5.74, 6) is -2.09. The third-order valence-electron chi connectivity index (χ3n) is 8.51. The van der Waals surface area contributed by atoms with Crippen LogP contribution in [0, 0.1) is 17.8 Å². The van der Waals surface area contributed by atoms with Gasteiger partial charge in [-0.25, -0.2) is 0 Å². The normalized spacial score (nSPS) is 23.8. The standard InChI is InChI=1S/C32H31BN2O7/c36-17-21-15-25-30(32(39)35(31(25)38)23-7-4-6-22(16-23)33(40)41)26-18-42-28(29(21)26)11-10-20(27-9-1-2-12-34-27)13-19-5-3-8-24(37)14-19/h1-9,12-14,16,25-26,28,30,36-37,40-41H,10-11,15,17-18H2/b20-13-/t25-,26+,28-,30-/m1/s1. The number of aromatic nitrogens is 1. The number of pyridine rings is 1. The number of hydrogen-bond acceptors (Lipinski definition) is 8. The van der Waals surface area contributed by atoms with Gasteiger partial charge in [0.15, 0.2) is 0 Å². The first kappa shape index (κ1) is 28.1. The lowest BCUT2D eigenvalue weighted by Crippen LogP contribution is -2.35. The summed E-state index contributed by atoms with van der Waals surface area (Å²) in [4.78, 5) is 33.0. The summed E-state index contributed by atoms with van der Waals surface area (Å²) in [6, 6.07) is 18.8. The summed E-state index contributed by atoms with van der Waals surface area (Å²) in [6.45, 7) is 0.0386. The zero-order valence-corrected chi connectivity index (χ0v) is 22.8. The molecule has 0 saturated carbocycles. The molecule has 2 amide bonds. The Kier molecular flexibility index (Phi) is 7.79. The van der Waals surface area contributed by atoms with Crippen LogP contribution in [0.1, 0.15) is 30.5 Å². The second-order valence-electron chi connectivity index (χ2n) is 11.0. The highest BCUT2D eigenvalue weighted by Crippen LogP contribution is 2.50. The topological polar surface area (TPSA) is 140 Å². The molecule has 6 rings (SSSR count). The minimum Gasteiger partial charge on any atom is -0.508 e. The number of allylic oxidation sites excluding steroid dienone is 1. The highest BCUT2D eigenvalue weighted by Gasteiger charge is 2.57. The number of ether oxygens (including phenoxy) is 1. The van der Waals surface area contributed by atoms with E-state index in [4.69, 9.17) is 4.74 Å². The molecule has 2 aliphatic heterocycles. The molecule has 4 N–H and O–H groups in total. The Bertz CT molecular complexity index is 1570. The van der Waals surface area contributed by atoms with Gasteiger partial charge in [-0.05, 0) is 89.5 Å². The third kappa shape index (κ3) is 5.18. The lowest BCUT2D eigenvalue weighted by Gasteiger charge is -2.31. The summed E-state index contributed by atoms with van der Waals surface area (Å²) in [5, 5.41) is 39.5. The van der Waals surface area contributed by atoms with E-state index in [1.165, 1.54) is 12.1 Å². The van der Waals surface area contributed by atoms with Crippen LogP contribution in [0.5, 0.6) is 5.75 Å². The van der Waals surface area contributed by atoms with Gasteiger partial charge in [0.2, 0.25) is 11.8 Å². The summed E-state index contributed by atoms with van der Waals surface area (Å²) in [5.41, 5.74) is 4.72. The zero-order chi connectivity index (χ0) is 29.4. The van der Waals surface area contributed by atoms with Crippen molar-refractivity contribution in [3.63, 3.8) is 0 Å². The molecule has 2 saturated heterocycles. The van der Waals surface area contributed by atoms with Crippen molar-refractivity contribution in [3.05, 3.63) is 95.3 Å². The summed E-state index contributed by atoms with van der Waals surface area (Å²) >= 11 is 0. The van der Waals surface area contributed by atoms with E-state index in [1.54, 1.807) is 36.5 Å². The van der Waals surface area contributed by atoms with Gasteiger partial charge in [-0.2, -0.15) is 0 Å². The van der Waals surface area contributed by atoms with E-state index in [0.717, 1.165) is 32.9 Å². The number of hydrogen-bond donors (Lipinski definition) is 4. The smallest absolute Gasteiger partial charge is 0.488 e. The van der Waals surface area contributed by atoms with Gasteiger partial charge in [0.05, 0.1) is 42.5 Å². The Balaban J connectivity index is 1.26. The minimum atomic E-state index is -1.73. The van der Waals surface area contributed by atoms with Gasteiger partial charge in [-0.3, -0.25) is 19.5 Å². The first-order valence-corrected chi connectivity index (χ1v) is 14.0. The Hall–Kier alpha value is -4.09. The van der Waals surface area contributed by atoms with Crippen molar-refractivity contribution in [1.82, 2.24) is 4.98 Å². The molecule has 4 atom stereocenters. The van der Waals surface area contributed by atoms with Crippen molar-refractivity contribution in [3.8, 4) is 5.75 Å². The van der Waals surface area contributed by atoms with Gasteiger partial charge >= 0.3 is 7.12 Å². The van der Waals surface area contributed by atoms with Crippen molar-refractivity contribution in [1.29, 1.82) is 0 Å². The number of carbonyl (C=O) groups excluding carboxylic acids is 2. The molecule has 3 aromatic rings. The monoisotopic (exact) mass is 566 g/mol.